The molecule has 0 radical (unpaired) electrons. The summed E-state index contributed by atoms with van der Waals surface area (Å²) in [4.78, 5) is 19.0. The maximum atomic E-state index is 14.0. The van der Waals surface area contributed by atoms with E-state index in [9.17, 15) is 9.18 Å². The van der Waals surface area contributed by atoms with Gasteiger partial charge in [0.15, 0.2) is 11.5 Å². The van der Waals surface area contributed by atoms with E-state index >= 15 is 0 Å². The maximum Gasteiger partial charge on any atom is 0.254 e. The molecule has 0 spiro atoms. The highest BCUT2D eigenvalue weighted by Crippen LogP contribution is 2.28. The van der Waals surface area contributed by atoms with Crippen molar-refractivity contribution in [2.24, 2.45) is 0 Å². The lowest BCUT2D eigenvalue weighted by Crippen LogP contribution is -2.32. The Hall–Kier alpha value is -3.41. The lowest BCUT2D eigenvalue weighted by molar-refractivity contribution is 0.0744. The molecule has 1 heterocycles. The first-order valence-electron chi connectivity index (χ1n) is 9.26. The number of pyridine rings is 1. The third-order valence-electron chi connectivity index (χ3n) is 4.62. The molecule has 2 aromatic carbocycles. The van der Waals surface area contributed by atoms with E-state index in [0.29, 0.717) is 42.1 Å². The van der Waals surface area contributed by atoms with Gasteiger partial charge in [-0.3, -0.25) is 9.78 Å². The molecule has 150 valence electrons. The Morgan fingerprint density at radius 3 is 2.52 bits per heavy atom. The molecular formula is C23H23FN2O3. The Morgan fingerprint density at radius 2 is 1.83 bits per heavy atom. The van der Waals surface area contributed by atoms with Crippen molar-refractivity contribution in [1.29, 1.82) is 0 Å². The van der Waals surface area contributed by atoms with Crippen LogP contribution in [0, 0.1) is 5.82 Å². The minimum atomic E-state index is -0.271. The van der Waals surface area contributed by atoms with Gasteiger partial charge in [-0.2, -0.15) is 0 Å². The average Bonchev–Trinajstić information content (AvgIpc) is 2.77. The van der Waals surface area contributed by atoms with E-state index in [1.54, 1.807) is 60.8 Å². The zero-order valence-electron chi connectivity index (χ0n) is 16.5. The lowest BCUT2D eigenvalue weighted by atomic mass is 10.1. The van der Waals surface area contributed by atoms with E-state index in [2.05, 4.69) is 4.98 Å². The second kappa shape index (κ2) is 9.68. The normalized spacial score (nSPS) is 10.4. The predicted molar refractivity (Wildman–Crippen MR) is 109 cm³/mol. The Labute approximate surface area is 169 Å². The molecule has 0 saturated carbocycles. The second-order valence-electron chi connectivity index (χ2n) is 6.50. The Balaban J connectivity index is 1.85. The summed E-state index contributed by atoms with van der Waals surface area (Å²) in [5.74, 6) is 0.585. The number of aromatic nitrogens is 1. The first-order chi connectivity index (χ1) is 14.1. The first kappa shape index (κ1) is 20.3. The van der Waals surface area contributed by atoms with Crippen LogP contribution in [0.4, 0.5) is 4.39 Å². The molecule has 0 fully saturated rings. The summed E-state index contributed by atoms with van der Waals surface area (Å²) in [6.07, 6.45) is 3.81. The van der Waals surface area contributed by atoms with Crippen molar-refractivity contribution >= 4 is 5.91 Å². The number of benzene rings is 2. The molecule has 1 amide bonds. The molecule has 0 atom stereocenters. The smallest absolute Gasteiger partial charge is 0.254 e. The molecule has 0 saturated heterocycles. The van der Waals surface area contributed by atoms with E-state index in [4.69, 9.17) is 9.47 Å². The van der Waals surface area contributed by atoms with Crippen LogP contribution in [0.15, 0.2) is 67.0 Å². The molecule has 0 N–H and O–H groups in total. The third-order valence-corrected chi connectivity index (χ3v) is 4.62. The molecule has 3 rings (SSSR count). The summed E-state index contributed by atoms with van der Waals surface area (Å²) < 4.78 is 24.6. The maximum absolute atomic E-state index is 14.0. The number of halogens is 1. The van der Waals surface area contributed by atoms with Crippen LogP contribution in [0.5, 0.6) is 11.5 Å². The van der Waals surface area contributed by atoms with Crippen molar-refractivity contribution in [3.63, 3.8) is 0 Å². The highest BCUT2D eigenvalue weighted by molar-refractivity contribution is 5.95. The monoisotopic (exact) mass is 394 g/mol. The van der Waals surface area contributed by atoms with E-state index in [0.717, 1.165) is 5.56 Å². The summed E-state index contributed by atoms with van der Waals surface area (Å²) in [6, 6.07) is 15.4. The summed E-state index contributed by atoms with van der Waals surface area (Å²) in [5.41, 5.74) is 1.94. The van der Waals surface area contributed by atoms with Crippen molar-refractivity contribution in [3.8, 4) is 11.5 Å². The largest absolute Gasteiger partial charge is 0.493 e. The van der Waals surface area contributed by atoms with Crippen LogP contribution in [0.25, 0.3) is 0 Å². The molecule has 5 nitrogen and oxygen atoms in total. The Morgan fingerprint density at radius 1 is 1.03 bits per heavy atom. The van der Waals surface area contributed by atoms with Gasteiger partial charge in [0.25, 0.3) is 5.91 Å². The van der Waals surface area contributed by atoms with Crippen LogP contribution in [-0.2, 0) is 13.0 Å². The van der Waals surface area contributed by atoms with Crippen LogP contribution in [0.1, 0.15) is 21.5 Å². The number of nitrogens with zero attached hydrogens (tertiary/aromatic N) is 2. The fourth-order valence-electron chi connectivity index (χ4n) is 3.07. The SMILES string of the molecule is COc1ccc(C(=O)N(CCc2ccccc2F)Cc2cccnc2)cc1OC. The van der Waals surface area contributed by atoms with Gasteiger partial charge in [-0.25, -0.2) is 4.39 Å². The van der Waals surface area contributed by atoms with Crippen molar-refractivity contribution < 1.29 is 18.7 Å². The van der Waals surface area contributed by atoms with Crippen molar-refractivity contribution in [1.82, 2.24) is 9.88 Å². The van der Waals surface area contributed by atoms with Gasteiger partial charge >= 0.3 is 0 Å². The number of carbonyl (C=O) groups excluding carboxylic acids is 1. The standard InChI is InChI=1S/C23H23FN2O3/c1-28-21-10-9-19(14-22(21)29-2)23(27)26(16-17-6-5-12-25-15-17)13-11-18-7-3-4-8-20(18)24/h3-10,12,14-15H,11,13,16H2,1-2H3. The van der Waals surface area contributed by atoms with Gasteiger partial charge in [-0.05, 0) is 47.9 Å². The number of methoxy groups -OCH3 is 2. The zero-order valence-corrected chi connectivity index (χ0v) is 16.5. The van der Waals surface area contributed by atoms with Crippen molar-refractivity contribution in [2.45, 2.75) is 13.0 Å². The number of rotatable bonds is 8. The molecule has 29 heavy (non-hydrogen) atoms. The van der Waals surface area contributed by atoms with Crippen LogP contribution >= 0.6 is 0 Å². The minimum absolute atomic E-state index is 0.175. The summed E-state index contributed by atoms with van der Waals surface area (Å²) >= 11 is 0. The quantitative estimate of drug-likeness (QED) is 0.577. The fourth-order valence-corrected chi connectivity index (χ4v) is 3.07. The van der Waals surface area contributed by atoms with Crippen molar-refractivity contribution in [3.05, 3.63) is 89.5 Å². The first-order valence-corrected chi connectivity index (χ1v) is 9.26. The molecule has 0 aliphatic heterocycles. The molecule has 1 aromatic heterocycles. The van der Waals surface area contributed by atoms with Gasteiger partial charge in [-0.15, -0.1) is 0 Å². The molecule has 0 bridgehead atoms. The topological polar surface area (TPSA) is 51.7 Å². The van der Waals surface area contributed by atoms with E-state index in [1.165, 1.54) is 13.2 Å². The second-order valence-corrected chi connectivity index (χ2v) is 6.50. The van der Waals surface area contributed by atoms with Gasteiger partial charge in [0.1, 0.15) is 5.82 Å². The van der Waals surface area contributed by atoms with E-state index in [-0.39, 0.29) is 11.7 Å². The zero-order chi connectivity index (χ0) is 20.6. The summed E-state index contributed by atoms with van der Waals surface area (Å²) in [6.45, 7) is 0.735. The minimum Gasteiger partial charge on any atom is -0.493 e. The van der Waals surface area contributed by atoms with Crippen molar-refractivity contribution in [2.75, 3.05) is 20.8 Å². The molecule has 6 heteroatoms. The van der Waals surface area contributed by atoms with Gasteiger partial charge in [-0.1, -0.05) is 24.3 Å². The van der Waals surface area contributed by atoms with Crippen LogP contribution in [-0.4, -0.2) is 36.6 Å². The molecule has 0 aliphatic rings. The average molecular weight is 394 g/mol. The van der Waals surface area contributed by atoms with Crippen LogP contribution in [0.2, 0.25) is 0 Å². The lowest BCUT2D eigenvalue weighted by Gasteiger charge is -2.23. The number of hydrogen-bond donors (Lipinski definition) is 0. The number of hydrogen-bond acceptors (Lipinski definition) is 4. The summed E-state index contributed by atoms with van der Waals surface area (Å²) in [5, 5.41) is 0. The number of amides is 1. The van der Waals surface area contributed by atoms with Gasteiger partial charge in [0.2, 0.25) is 0 Å². The molecule has 0 aliphatic carbocycles. The van der Waals surface area contributed by atoms with Gasteiger partial charge < -0.3 is 14.4 Å². The van der Waals surface area contributed by atoms with E-state index < -0.39 is 0 Å². The van der Waals surface area contributed by atoms with Crippen LogP contribution in [0.3, 0.4) is 0 Å². The summed E-state index contributed by atoms with van der Waals surface area (Å²) in [7, 11) is 3.07. The van der Waals surface area contributed by atoms with Gasteiger partial charge in [0.05, 0.1) is 14.2 Å². The predicted octanol–water partition coefficient (Wildman–Crippen LogP) is 4.12. The fraction of sp³-hybridized carbons (Fsp3) is 0.217. The van der Waals surface area contributed by atoms with Crippen LogP contribution < -0.4 is 9.47 Å². The Bertz CT molecular complexity index is 963. The third kappa shape index (κ3) is 5.10. The number of carbonyl (C=O) groups is 1. The molecule has 0 unspecified atom stereocenters. The molecular weight excluding hydrogens is 371 g/mol. The highest BCUT2D eigenvalue weighted by atomic mass is 19.1. The number of ether oxygens (including phenoxy) is 2. The van der Waals surface area contributed by atoms with E-state index in [1.807, 2.05) is 12.1 Å². The highest BCUT2D eigenvalue weighted by Gasteiger charge is 2.19. The van der Waals surface area contributed by atoms with Gasteiger partial charge in [0, 0.05) is 31.0 Å². The Kier molecular flexibility index (Phi) is 6.79. The molecule has 3 aromatic rings.